The van der Waals surface area contributed by atoms with Crippen molar-refractivity contribution in [3.05, 3.63) is 54.4 Å². The topological polar surface area (TPSA) is 134 Å². The van der Waals surface area contributed by atoms with Gasteiger partial charge in [-0.25, -0.2) is 24.5 Å². The monoisotopic (exact) mass is 496 g/mol. The standard InChI is InChI=1S/C23H29FN10O2/c1-14-8-19(32-31-14)29-18-6-7-25-22(30-18)33-12-23(13-33,36-3)21(35)28-15(2)16-4-5-20(26-9-16)34-11-17(24)10-27-34/h4-7,9-11,14-15,19,31-32H,8,12-13H2,1-3H3,(H,28,35)(H,25,29,30)/t14?,15-,19?/m0/s1. The van der Waals surface area contributed by atoms with Crippen LogP contribution in [0.1, 0.15) is 31.9 Å². The molecule has 2 fully saturated rings. The average Bonchev–Trinajstić information content (AvgIpc) is 3.47. The average molecular weight is 497 g/mol. The van der Waals surface area contributed by atoms with Gasteiger partial charge in [0.1, 0.15) is 5.82 Å². The number of rotatable bonds is 8. The van der Waals surface area contributed by atoms with Gasteiger partial charge in [-0.15, -0.1) is 0 Å². The third-order valence-electron chi connectivity index (χ3n) is 6.44. The molecule has 0 aliphatic carbocycles. The van der Waals surface area contributed by atoms with Gasteiger partial charge in [0, 0.05) is 25.5 Å². The van der Waals surface area contributed by atoms with Gasteiger partial charge >= 0.3 is 0 Å². The number of hydrogen-bond acceptors (Lipinski definition) is 10. The Morgan fingerprint density at radius 1 is 1.25 bits per heavy atom. The Morgan fingerprint density at radius 3 is 2.72 bits per heavy atom. The second-order valence-electron chi connectivity index (χ2n) is 9.17. The van der Waals surface area contributed by atoms with Crippen LogP contribution in [0.25, 0.3) is 5.82 Å². The fourth-order valence-electron chi connectivity index (χ4n) is 4.27. The van der Waals surface area contributed by atoms with Crippen LogP contribution >= 0.6 is 0 Å². The number of methoxy groups -OCH3 is 1. The van der Waals surface area contributed by atoms with Gasteiger partial charge in [0.05, 0.1) is 37.7 Å². The van der Waals surface area contributed by atoms with Crippen LogP contribution < -0.4 is 26.4 Å². The molecule has 4 N–H and O–H groups in total. The number of ether oxygens (including phenoxy) is 1. The third-order valence-corrected chi connectivity index (χ3v) is 6.44. The van der Waals surface area contributed by atoms with Crippen LogP contribution in [0.4, 0.5) is 16.2 Å². The number of carbonyl (C=O) groups excluding carboxylic acids is 1. The van der Waals surface area contributed by atoms with Crippen LogP contribution in [-0.4, -0.2) is 68.6 Å². The highest BCUT2D eigenvalue weighted by Gasteiger charge is 2.51. The summed E-state index contributed by atoms with van der Waals surface area (Å²) < 4.78 is 20.2. The van der Waals surface area contributed by atoms with Gasteiger partial charge in [0.25, 0.3) is 5.91 Å². The lowest BCUT2D eigenvalue weighted by Crippen LogP contribution is -2.70. The molecule has 5 rings (SSSR count). The van der Waals surface area contributed by atoms with Gasteiger partial charge < -0.3 is 20.3 Å². The Labute approximate surface area is 207 Å². The lowest BCUT2D eigenvalue weighted by molar-refractivity contribution is -0.147. The highest BCUT2D eigenvalue weighted by atomic mass is 19.1. The van der Waals surface area contributed by atoms with Crippen molar-refractivity contribution in [2.45, 2.75) is 44.1 Å². The van der Waals surface area contributed by atoms with Gasteiger partial charge in [0.2, 0.25) is 5.95 Å². The molecule has 2 saturated heterocycles. The van der Waals surface area contributed by atoms with Crippen LogP contribution in [0.2, 0.25) is 0 Å². The summed E-state index contributed by atoms with van der Waals surface area (Å²) in [5.74, 6) is 1.05. The van der Waals surface area contributed by atoms with Gasteiger partial charge in [0.15, 0.2) is 17.2 Å². The first-order chi connectivity index (χ1) is 17.3. The first-order valence-corrected chi connectivity index (χ1v) is 11.7. The minimum atomic E-state index is -1.01. The SMILES string of the molecule is COC1(C(=O)N[C@@H](C)c2ccc(-n3cc(F)cn3)nc2)CN(c2nccc(NC3CC(C)NN3)n2)C1. The molecule has 13 heteroatoms. The lowest BCUT2D eigenvalue weighted by atomic mass is 9.92. The van der Waals surface area contributed by atoms with Crippen LogP contribution in [0, 0.1) is 5.82 Å². The first kappa shape index (κ1) is 24.0. The predicted octanol–water partition coefficient (Wildman–Crippen LogP) is 0.903. The van der Waals surface area contributed by atoms with E-state index in [-0.39, 0.29) is 18.1 Å². The van der Waals surface area contributed by atoms with Gasteiger partial charge in [-0.2, -0.15) is 10.1 Å². The predicted molar refractivity (Wildman–Crippen MR) is 130 cm³/mol. The Balaban J connectivity index is 1.19. The Bertz CT molecular complexity index is 1210. The molecule has 12 nitrogen and oxygen atoms in total. The van der Waals surface area contributed by atoms with Crippen LogP contribution in [0.5, 0.6) is 0 Å². The molecular weight excluding hydrogens is 467 g/mol. The van der Waals surface area contributed by atoms with E-state index < -0.39 is 11.4 Å². The van der Waals surface area contributed by atoms with E-state index in [2.05, 4.69) is 48.5 Å². The number of anilines is 2. The van der Waals surface area contributed by atoms with E-state index in [1.165, 1.54) is 18.0 Å². The summed E-state index contributed by atoms with van der Waals surface area (Å²) in [4.78, 5) is 28.3. The molecule has 0 spiro atoms. The molecule has 3 atom stereocenters. The summed E-state index contributed by atoms with van der Waals surface area (Å²) in [6.45, 7) is 4.63. The molecule has 36 heavy (non-hydrogen) atoms. The van der Waals surface area contributed by atoms with Gasteiger partial charge in [-0.3, -0.25) is 10.2 Å². The molecular formula is C23H29FN10O2. The summed E-state index contributed by atoms with van der Waals surface area (Å²) in [7, 11) is 1.53. The van der Waals surface area contributed by atoms with E-state index in [0.717, 1.165) is 18.2 Å². The highest BCUT2D eigenvalue weighted by Crippen LogP contribution is 2.30. The minimum absolute atomic E-state index is 0.0775. The van der Waals surface area contributed by atoms with Crippen LogP contribution in [-0.2, 0) is 9.53 Å². The van der Waals surface area contributed by atoms with Crippen molar-refractivity contribution < 1.29 is 13.9 Å². The minimum Gasteiger partial charge on any atom is -0.365 e. The number of amides is 1. The van der Waals surface area contributed by atoms with Crippen LogP contribution in [0.15, 0.2) is 43.0 Å². The Morgan fingerprint density at radius 2 is 2.08 bits per heavy atom. The summed E-state index contributed by atoms with van der Waals surface area (Å²) in [6, 6.07) is 5.41. The number of pyridine rings is 1. The molecule has 0 bridgehead atoms. The quantitative estimate of drug-likeness (QED) is 0.356. The van der Waals surface area contributed by atoms with E-state index in [4.69, 9.17) is 4.74 Å². The summed E-state index contributed by atoms with van der Waals surface area (Å²) in [5, 5.41) is 10.3. The Kier molecular flexibility index (Phi) is 6.51. The van der Waals surface area contributed by atoms with Gasteiger partial charge in [-0.1, -0.05) is 6.07 Å². The molecule has 190 valence electrons. The second kappa shape index (κ2) is 9.76. The smallest absolute Gasteiger partial charge is 0.256 e. The van der Waals surface area contributed by atoms with Crippen molar-refractivity contribution in [3.8, 4) is 5.82 Å². The fraction of sp³-hybridized carbons (Fsp3) is 0.435. The molecule has 3 aromatic heterocycles. The molecule has 3 aromatic rings. The van der Waals surface area contributed by atoms with Gasteiger partial charge in [-0.05, 0) is 38.0 Å². The molecule has 1 amide bonds. The second-order valence-corrected chi connectivity index (χ2v) is 9.17. The maximum atomic E-state index is 13.2. The fourth-order valence-corrected chi connectivity index (χ4v) is 4.27. The third kappa shape index (κ3) is 4.85. The normalized spacial score (nSPS) is 21.6. The van der Waals surface area contributed by atoms with Crippen molar-refractivity contribution in [1.29, 1.82) is 0 Å². The van der Waals surface area contributed by atoms with Crippen molar-refractivity contribution in [2.75, 3.05) is 30.4 Å². The van der Waals surface area contributed by atoms with Crippen molar-refractivity contribution in [3.63, 3.8) is 0 Å². The number of hydrazine groups is 1. The maximum absolute atomic E-state index is 13.2. The maximum Gasteiger partial charge on any atom is 0.256 e. The lowest BCUT2D eigenvalue weighted by Gasteiger charge is -2.47. The van der Waals surface area contributed by atoms with E-state index in [9.17, 15) is 9.18 Å². The van der Waals surface area contributed by atoms with Crippen LogP contribution in [0.3, 0.4) is 0 Å². The number of hydrogen-bond donors (Lipinski definition) is 4. The van der Waals surface area contributed by atoms with Crippen molar-refractivity contribution in [1.82, 2.24) is 40.9 Å². The Hall–Kier alpha value is -3.68. The summed E-state index contributed by atoms with van der Waals surface area (Å²) >= 11 is 0. The number of aromatic nitrogens is 5. The van der Waals surface area contributed by atoms with Crippen molar-refractivity contribution >= 4 is 17.7 Å². The molecule has 0 aromatic carbocycles. The molecule has 5 heterocycles. The molecule has 0 radical (unpaired) electrons. The van der Waals surface area contributed by atoms with E-state index in [1.54, 1.807) is 18.5 Å². The first-order valence-electron chi connectivity index (χ1n) is 11.7. The molecule has 2 unspecified atom stereocenters. The van der Waals surface area contributed by atoms with E-state index in [0.29, 0.717) is 36.7 Å². The zero-order valence-electron chi connectivity index (χ0n) is 20.3. The molecule has 0 saturated carbocycles. The number of nitrogens with one attached hydrogen (secondary N) is 4. The zero-order valence-corrected chi connectivity index (χ0v) is 20.3. The number of halogens is 1. The summed E-state index contributed by atoms with van der Waals surface area (Å²) in [6.07, 6.45) is 6.69. The number of carbonyl (C=O) groups is 1. The van der Waals surface area contributed by atoms with E-state index >= 15 is 0 Å². The molecule has 2 aliphatic heterocycles. The highest BCUT2D eigenvalue weighted by molar-refractivity contribution is 5.89. The largest absolute Gasteiger partial charge is 0.365 e. The van der Waals surface area contributed by atoms with E-state index in [1.807, 2.05) is 24.0 Å². The summed E-state index contributed by atoms with van der Waals surface area (Å²) in [5.41, 5.74) is 6.14. The van der Waals surface area contributed by atoms with Crippen molar-refractivity contribution in [2.24, 2.45) is 0 Å². The zero-order chi connectivity index (χ0) is 25.3. The number of nitrogens with zero attached hydrogens (tertiary/aromatic N) is 6. The molecule has 2 aliphatic rings.